The number of aromatic amines is 1. The quantitative estimate of drug-likeness (QED) is 0.256. The number of ketones is 1. The van der Waals surface area contributed by atoms with E-state index < -0.39 is 0 Å². The molecule has 0 spiro atoms. The van der Waals surface area contributed by atoms with E-state index >= 15 is 0 Å². The lowest BCUT2D eigenvalue weighted by molar-refractivity contribution is -0.419. The van der Waals surface area contributed by atoms with Crippen LogP contribution in [0.5, 0.6) is 11.6 Å². The fourth-order valence-electron chi connectivity index (χ4n) is 2.93. The van der Waals surface area contributed by atoms with Crippen molar-refractivity contribution < 1.29 is 14.3 Å². The van der Waals surface area contributed by atoms with E-state index in [0.717, 1.165) is 12.2 Å². The molecule has 0 aliphatic heterocycles. The number of aromatic hydroxyl groups is 1. The van der Waals surface area contributed by atoms with Gasteiger partial charge in [0, 0.05) is 69.2 Å². The van der Waals surface area contributed by atoms with Gasteiger partial charge in [0.25, 0.3) is 7.11 Å². The van der Waals surface area contributed by atoms with Crippen LogP contribution in [0.2, 0.25) is 0 Å². The zero-order valence-corrected chi connectivity index (χ0v) is 26.5. The van der Waals surface area contributed by atoms with Crippen molar-refractivity contribution in [3.05, 3.63) is 183 Å². The maximum Gasteiger partial charge on any atom is 0.322 e. The summed E-state index contributed by atoms with van der Waals surface area (Å²) in [6.07, 6.45) is 15.7. The molecule has 0 bridgehead atoms. The Labute approximate surface area is 268 Å². The average molecular weight is 626 g/mol. The number of H-pyrrole nitrogens is 1. The van der Waals surface area contributed by atoms with Crippen LogP contribution in [0.3, 0.4) is 0 Å². The molecule has 46 heavy (non-hydrogen) atoms. The summed E-state index contributed by atoms with van der Waals surface area (Å²) in [5, 5.41) is 8.63. The van der Waals surface area contributed by atoms with Crippen LogP contribution < -0.4 is 21.4 Å². The molecule has 4 heterocycles. The van der Waals surface area contributed by atoms with Gasteiger partial charge in [-0.3, -0.25) is 18.8 Å². The van der Waals surface area contributed by atoms with Crippen molar-refractivity contribution in [1.82, 2.24) is 19.1 Å². The number of phenols is 1. The van der Waals surface area contributed by atoms with Crippen LogP contribution in [-0.2, 0) is 18.5 Å². The van der Waals surface area contributed by atoms with Crippen LogP contribution in [0, 0.1) is 0 Å². The Kier molecular flexibility index (Phi) is 20.2. The second-order valence-corrected chi connectivity index (χ2v) is 8.90. The summed E-state index contributed by atoms with van der Waals surface area (Å²) >= 11 is 0. The molecule has 4 aromatic heterocycles. The highest BCUT2D eigenvalue weighted by Gasteiger charge is 2.03. The summed E-state index contributed by atoms with van der Waals surface area (Å²) in [7, 11) is 6.74. The first kappa shape index (κ1) is 38.0. The van der Waals surface area contributed by atoms with Crippen LogP contribution in [-0.4, -0.2) is 44.2 Å². The predicted octanol–water partition coefficient (Wildman–Crippen LogP) is 4.87. The first-order valence-electron chi connectivity index (χ1n) is 14.1. The van der Waals surface area contributed by atoms with Crippen molar-refractivity contribution >= 4 is 5.78 Å². The fourth-order valence-corrected chi connectivity index (χ4v) is 2.93. The second-order valence-electron chi connectivity index (χ2n) is 8.90. The van der Waals surface area contributed by atoms with E-state index in [-0.39, 0.29) is 16.7 Å². The zero-order valence-electron chi connectivity index (χ0n) is 26.5. The molecule has 1 aromatic carbocycles. The lowest BCUT2D eigenvalue weighted by Crippen LogP contribution is -2.12. The number of aromatic nitrogens is 4. The summed E-state index contributed by atoms with van der Waals surface area (Å²) in [6.45, 7) is 0. The number of hydrogen-bond donors (Lipinski definition) is 2. The summed E-state index contributed by atoms with van der Waals surface area (Å²) < 4.78 is 12.8. The highest BCUT2D eigenvalue weighted by Crippen LogP contribution is 2.03. The number of carbonyl (C=O) groups excluding carboxylic acids is 1. The molecule has 0 radical (unpaired) electrons. The van der Waals surface area contributed by atoms with Gasteiger partial charge in [-0.15, -0.1) is 0 Å². The van der Waals surface area contributed by atoms with Gasteiger partial charge in [0.15, 0.2) is 0 Å². The maximum absolute atomic E-state index is 10.6. The topological polar surface area (TPSA) is 131 Å². The van der Waals surface area contributed by atoms with Gasteiger partial charge in [0.1, 0.15) is 5.75 Å². The number of aryl methyl sites for hydroxylation is 2. The van der Waals surface area contributed by atoms with E-state index in [9.17, 15) is 14.4 Å². The van der Waals surface area contributed by atoms with Crippen LogP contribution in [0.4, 0.5) is 0 Å². The highest BCUT2D eigenvalue weighted by molar-refractivity contribution is 5.92. The summed E-state index contributed by atoms with van der Waals surface area (Å²) in [6, 6.07) is 29.3. The van der Waals surface area contributed by atoms with Crippen LogP contribution in [0.1, 0.15) is 6.42 Å². The number of nitrogens with zero attached hydrogens (tertiary/aromatic N) is 3. The Hall–Kier alpha value is -6.03. The molecule has 0 amide bonds. The number of nitrogens with one attached hydrogen (secondary N) is 1. The minimum Gasteiger partial charge on any atom is -0.508 e. The normalized spacial score (nSPS) is 11.2. The van der Waals surface area contributed by atoms with E-state index in [4.69, 9.17) is 14.3 Å². The van der Waals surface area contributed by atoms with Crippen LogP contribution in [0.25, 0.3) is 0 Å². The van der Waals surface area contributed by atoms with E-state index in [2.05, 4.69) is 16.0 Å². The minimum absolute atomic E-state index is 0.0347. The van der Waals surface area contributed by atoms with Gasteiger partial charge in [0.2, 0.25) is 22.6 Å². The maximum atomic E-state index is 10.6. The Morgan fingerprint density at radius 3 is 1.63 bits per heavy atom. The monoisotopic (exact) mass is 625 g/mol. The van der Waals surface area contributed by atoms with Gasteiger partial charge in [-0.2, -0.15) is 0 Å². The summed E-state index contributed by atoms with van der Waals surface area (Å²) in [4.78, 5) is 37.7. The largest absolute Gasteiger partial charge is 0.508 e. The van der Waals surface area contributed by atoms with Crippen molar-refractivity contribution in [3.8, 4) is 11.6 Å². The Morgan fingerprint density at radius 2 is 1.35 bits per heavy atom. The van der Waals surface area contributed by atoms with Gasteiger partial charge < -0.3 is 24.0 Å². The van der Waals surface area contributed by atoms with E-state index in [0.29, 0.717) is 11.6 Å². The summed E-state index contributed by atoms with van der Waals surface area (Å²) in [5.41, 5.74) is 0.0162. The Morgan fingerprint density at radius 1 is 0.761 bits per heavy atom. The van der Waals surface area contributed by atoms with Gasteiger partial charge in [0.05, 0.1) is 13.5 Å². The number of allylic oxidation sites excluding steroid dienone is 4. The number of phenolic OH excluding ortho intramolecular Hbond substituents is 1. The standard InChI is InChI=1S/C7H9O.3C6H7NO.C6H6O.C5H5NO/c1-8-7-5-3-2-4-6-7;1-8-6-4-2-3-5-7-6;2*1-7-5-3-2-4-6(7)8;7-6-4-2-1-3-5-6;7-5-3-1-2-4-6-5/h2-5H,6H2,1H3;3*2-5H,1H3;1-5,7H;1-4H,(H,6,7)/q+1;;;;;. The van der Waals surface area contributed by atoms with Gasteiger partial charge in [-0.25, -0.2) is 4.98 Å². The number of pyridine rings is 4. The zero-order chi connectivity index (χ0) is 33.8. The molecule has 1 aliphatic carbocycles. The number of ether oxygens (including phenoxy) is 1. The van der Waals surface area contributed by atoms with Crippen molar-refractivity contribution in [3.63, 3.8) is 0 Å². The number of benzene rings is 1. The Balaban J connectivity index is 0.000000276. The molecule has 240 valence electrons. The highest BCUT2D eigenvalue weighted by atomic mass is 16.5. The molecular formula is C36H41N4O6+. The lowest BCUT2D eigenvalue weighted by atomic mass is 10.2. The third-order valence-corrected chi connectivity index (χ3v) is 5.41. The van der Waals surface area contributed by atoms with E-state index in [1.165, 1.54) is 27.3 Å². The third kappa shape index (κ3) is 19.2. The SMILES string of the molecule is COc1ccccn1.C[O+]=C1C=CC=CC1.Cn1ccccc1=O.Cn1ccccc1=O.O=c1cccc[nH]1.Oc1ccccc1. The van der Waals surface area contributed by atoms with Crippen molar-refractivity contribution in [2.45, 2.75) is 6.42 Å². The molecular weight excluding hydrogens is 584 g/mol. The van der Waals surface area contributed by atoms with Gasteiger partial charge in [-0.05, 0) is 36.4 Å². The van der Waals surface area contributed by atoms with Crippen molar-refractivity contribution in [1.29, 1.82) is 0 Å². The van der Waals surface area contributed by atoms with E-state index in [1.807, 2.05) is 48.6 Å². The smallest absolute Gasteiger partial charge is 0.322 e. The van der Waals surface area contributed by atoms with Crippen molar-refractivity contribution in [2.75, 3.05) is 14.2 Å². The Bertz CT molecular complexity index is 1690. The third-order valence-electron chi connectivity index (χ3n) is 5.41. The first-order valence-corrected chi connectivity index (χ1v) is 14.1. The number of para-hydroxylation sites is 1. The average Bonchev–Trinajstić information content (AvgIpc) is 3.10. The second kappa shape index (κ2) is 24.4. The van der Waals surface area contributed by atoms with Gasteiger partial charge in [-0.1, -0.05) is 60.7 Å². The van der Waals surface area contributed by atoms with Crippen LogP contribution in [0.15, 0.2) is 167 Å². The molecule has 0 saturated carbocycles. The molecule has 2 N–H and O–H groups in total. The molecule has 0 unspecified atom stereocenters. The number of rotatable bonds is 1. The lowest BCUT2D eigenvalue weighted by Gasteiger charge is -1.92. The minimum atomic E-state index is -0.0532. The molecule has 10 heteroatoms. The molecule has 0 atom stereocenters. The predicted molar refractivity (Wildman–Crippen MR) is 183 cm³/mol. The number of hydrogen-bond acceptors (Lipinski definition) is 6. The molecule has 1 aliphatic rings. The molecule has 0 saturated heterocycles. The first-order chi connectivity index (χ1) is 22.3. The van der Waals surface area contributed by atoms with E-state index in [1.54, 1.807) is 108 Å². The molecule has 6 rings (SSSR count). The van der Waals surface area contributed by atoms with Crippen LogP contribution >= 0.6 is 0 Å². The number of methoxy groups -OCH3 is 1. The fraction of sp³-hybridized carbons (Fsp3) is 0.139. The summed E-state index contributed by atoms with van der Waals surface area (Å²) in [5.74, 6) is 2.02. The van der Waals surface area contributed by atoms with Gasteiger partial charge >= 0.3 is 5.78 Å². The van der Waals surface area contributed by atoms with Crippen molar-refractivity contribution in [2.24, 2.45) is 14.1 Å². The molecule has 5 aromatic rings. The molecule has 10 nitrogen and oxygen atoms in total. The molecule has 0 fully saturated rings.